The summed E-state index contributed by atoms with van der Waals surface area (Å²) in [5.74, 6) is -0.972. The monoisotopic (exact) mass is 393 g/mol. The minimum Gasteiger partial charge on any atom is -0.453 e. The van der Waals surface area contributed by atoms with Crippen molar-refractivity contribution in [2.75, 3.05) is 5.32 Å². The van der Waals surface area contributed by atoms with Crippen LogP contribution in [0.15, 0.2) is 76.0 Å². The maximum atomic E-state index is 14.0. The predicted molar refractivity (Wildman–Crippen MR) is 109 cm³/mol. The van der Waals surface area contributed by atoms with Gasteiger partial charge in [-0.05, 0) is 48.0 Å². The van der Waals surface area contributed by atoms with Crippen LogP contribution in [-0.4, -0.2) is 5.91 Å². The molecule has 0 fully saturated rings. The van der Waals surface area contributed by atoms with Crippen LogP contribution in [0.3, 0.4) is 0 Å². The van der Waals surface area contributed by atoms with Crippen molar-refractivity contribution in [3.05, 3.63) is 93.4 Å². The Hall–Kier alpha value is -3.44. The Bertz CT molecular complexity index is 1290. The van der Waals surface area contributed by atoms with Gasteiger partial charge in [-0.15, -0.1) is 0 Å². The van der Waals surface area contributed by atoms with E-state index < -0.39 is 5.82 Å². The molecule has 0 spiro atoms. The van der Waals surface area contributed by atoms with Gasteiger partial charge >= 0.3 is 0 Å². The number of nitrogens with one attached hydrogen (secondary N) is 1. The number of carbonyl (C=O) groups is 1. The first-order chi connectivity index (χ1) is 13.5. The van der Waals surface area contributed by atoms with Gasteiger partial charge in [-0.2, -0.15) is 0 Å². The molecule has 1 aromatic heterocycles. The number of carbonyl (C=O) groups excluding carboxylic acids is 1. The van der Waals surface area contributed by atoms with E-state index in [9.17, 15) is 14.0 Å². The standard InChI is InChI=1S/C22H13ClFNO3/c23-14-7-4-13(5-8-14)6-11-20(26)25-15-9-10-16-19(12-15)28-22-17(21(16)27)2-1-3-18(22)24/h1-12H,(H,25,26)/b11-6+. The van der Waals surface area contributed by atoms with Gasteiger partial charge in [0.1, 0.15) is 5.58 Å². The first-order valence-electron chi connectivity index (χ1n) is 8.41. The number of fused-ring (bicyclic) bond motifs is 2. The van der Waals surface area contributed by atoms with E-state index in [4.69, 9.17) is 16.0 Å². The van der Waals surface area contributed by atoms with E-state index in [1.807, 2.05) is 0 Å². The summed E-state index contributed by atoms with van der Waals surface area (Å²) in [5, 5.41) is 3.79. The summed E-state index contributed by atoms with van der Waals surface area (Å²) in [7, 11) is 0. The van der Waals surface area contributed by atoms with E-state index in [0.717, 1.165) is 5.56 Å². The molecule has 0 unspecified atom stereocenters. The maximum absolute atomic E-state index is 14.0. The van der Waals surface area contributed by atoms with E-state index in [1.165, 1.54) is 30.3 Å². The Kier molecular flexibility index (Phi) is 4.67. The zero-order chi connectivity index (χ0) is 19.7. The molecular formula is C22H13ClFNO3. The van der Waals surface area contributed by atoms with Gasteiger partial charge in [0.25, 0.3) is 0 Å². The zero-order valence-corrected chi connectivity index (χ0v) is 15.2. The number of halogens is 2. The fourth-order valence-electron chi connectivity index (χ4n) is 2.85. The Labute approximate surface area is 163 Å². The molecule has 0 aliphatic heterocycles. The topological polar surface area (TPSA) is 59.3 Å². The van der Waals surface area contributed by atoms with Crippen LogP contribution in [0.1, 0.15) is 5.56 Å². The van der Waals surface area contributed by atoms with Crippen molar-refractivity contribution in [3.8, 4) is 0 Å². The molecule has 138 valence electrons. The molecule has 0 aliphatic rings. The summed E-state index contributed by atoms with van der Waals surface area (Å²) in [6, 6.07) is 15.9. The minimum absolute atomic E-state index is 0.105. The smallest absolute Gasteiger partial charge is 0.248 e. The van der Waals surface area contributed by atoms with Crippen LogP contribution in [0.2, 0.25) is 5.02 Å². The zero-order valence-electron chi connectivity index (χ0n) is 14.4. The maximum Gasteiger partial charge on any atom is 0.248 e. The molecule has 1 heterocycles. The highest BCUT2D eigenvalue weighted by Gasteiger charge is 2.11. The molecule has 0 saturated heterocycles. The minimum atomic E-state index is -0.614. The summed E-state index contributed by atoms with van der Waals surface area (Å²) in [4.78, 5) is 24.7. The lowest BCUT2D eigenvalue weighted by atomic mass is 10.1. The van der Waals surface area contributed by atoms with Crippen LogP contribution in [0.4, 0.5) is 10.1 Å². The molecule has 4 rings (SSSR count). The highest BCUT2D eigenvalue weighted by atomic mass is 35.5. The van der Waals surface area contributed by atoms with E-state index >= 15 is 0 Å². The number of hydrogen-bond acceptors (Lipinski definition) is 3. The molecule has 4 nitrogen and oxygen atoms in total. The van der Waals surface area contributed by atoms with Gasteiger partial charge in [-0.3, -0.25) is 9.59 Å². The summed E-state index contributed by atoms with van der Waals surface area (Å²) in [5.41, 5.74) is 1.02. The molecule has 4 aromatic rings. The number of rotatable bonds is 3. The van der Waals surface area contributed by atoms with Crippen molar-refractivity contribution in [1.29, 1.82) is 0 Å². The average Bonchev–Trinajstić information content (AvgIpc) is 2.68. The second-order valence-corrected chi connectivity index (χ2v) is 6.57. The second-order valence-electron chi connectivity index (χ2n) is 6.13. The number of benzene rings is 3. The molecule has 0 radical (unpaired) electrons. The van der Waals surface area contributed by atoms with Crippen molar-refractivity contribution >= 4 is 51.2 Å². The number of amides is 1. The molecule has 0 aliphatic carbocycles. The summed E-state index contributed by atoms with van der Waals surface area (Å²) >= 11 is 5.83. The fraction of sp³-hybridized carbons (Fsp3) is 0. The van der Waals surface area contributed by atoms with E-state index in [2.05, 4.69) is 5.32 Å². The van der Waals surface area contributed by atoms with Crippen LogP contribution in [0.25, 0.3) is 28.0 Å². The van der Waals surface area contributed by atoms with Crippen LogP contribution >= 0.6 is 11.6 Å². The number of hydrogen-bond donors (Lipinski definition) is 1. The third-order valence-electron chi connectivity index (χ3n) is 4.21. The van der Waals surface area contributed by atoms with Crippen molar-refractivity contribution in [3.63, 3.8) is 0 Å². The third kappa shape index (κ3) is 3.52. The van der Waals surface area contributed by atoms with E-state index in [0.29, 0.717) is 16.1 Å². The van der Waals surface area contributed by atoms with Crippen molar-refractivity contribution in [2.24, 2.45) is 0 Å². The normalized spacial score (nSPS) is 11.4. The molecule has 1 N–H and O–H groups in total. The quantitative estimate of drug-likeness (QED) is 0.375. The summed E-state index contributed by atoms with van der Waals surface area (Å²) in [6.45, 7) is 0. The van der Waals surface area contributed by atoms with Crippen LogP contribution in [0.5, 0.6) is 0 Å². The highest BCUT2D eigenvalue weighted by molar-refractivity contribution is 6.30. The largest absolute Gasteiger partial charge is 0.453 e. The molecule has 0 bridgehead atoms. The second kappa shape index (κ2) is 7.29. The summed E-state index contributed by atoms with van der Waals surface area (Å²) in [6.07, 6.45) is 3.03. The lowest BCUT2D eigenvalue weighted by Crippen LogP contribution is -2.08. The van der Waals surface area contributed by atoms with Gasteiger partial charge in [0.2, 0.25) is 11.3 Å². The summed E-state index contributed by atoms with van der Waals surface area (Å²) < 4.78 is 19.5. The highest BCUT2D eigenvalue weighted by Crippen LogP contribution is 2.23. The first kappa shape index (κ1) is 17.9. The van der Waals surface area contributed by atoms with Gasteiger partial charge in [0.05, 0.1) is 10.8 Å². The van der Waals surface area contributed by atoms with E-state index in [-0.39, 0.29) is 27.9 Å². The van der Waals surface area contributed by atoms with Gasteiger partial charge < -0.3 is 9.73 Å². The van der Waals surface area contributed by atoms with Gasteiger partial charge in [0, 0.05) is 22.9 Å². The molecule has 28 heavy (non-hydrogen) atoms. The lowest BCUT2D eigenvalue weighted by molar-refractivity contribution is -0.111. The van der Waals surface area contributed by atoms with Gasteiger partial charge in [-0.25, -0.2) is 4.39 Å². The van der Waals surface area contributed by atoms with E-state index in [1.54, 1.807) is 42.5 Å². The molecule has 1 amide bonds. The molecule has 0 atom stereocenters. The first-order valence-corrected chi connectivity index (χ1v) is 8.79. The van der Waals surface area contributed by atoms with Crippen LogP contribution in [0, 0.1) is 5.82 Å². The average molecular weight is 394 g/mol. The SMILES string of the molecule is O=C(/C=C/c1ccc(Cl)cc1)Nc1ccc2c(=O)c3cccc(F)c3oc2c1. The Morgan fingerprint density at radius 1 is 1.04 bits per heavy atom. The van der Waals surface area contributed by atoms with Crippen molar-refractivity contribution < 1.29 is 13.6 Å². The predicted octanol–water partition coefficient (Wildman–Crippen LogP) is 5.39. The number of para-hydroxylation sites is 1. The Morgan fingerprint density at radius 2 is 1.82 bits per heavy atom. The van der Waals surface area contributed by atoms with Crippen LogP contribution < -0.4 is 10.7 Å². The Morgan fingerprint density at radius 3 is 2.61 bits per heavy atom. The van der Waals surface area contributed by atoms with Gasteiger partial charge in [-0.1, -0.05) is 29.8 Å². The molecular weight excluding hydrogens is 381 g/mol. The van der Waals surface area contributed by atoms with Crippen LogP contribution in [-0.2, 0) is 4.79 Å². The molecule has 6 heteroatoms. The third-order valence-corrected chi connectivity index (χ3v) is 4.47. The fourth-order valence-corrected chi connectivity index (χ4v) is 2.97. The Balaban J connectivity index is 1.63. The lowest BCUT2D eigenvalue weighted by Gasteiger charge is -2.05. The van der Waals surface area contributed by atoms with Gasteiger partial charge in [0.15, 0.2) is 11.4 Å². The van der Waals surface area contributed by atoms with Crippen molar-refractivity contribution in [2.45, 2.75) is 0 Å². The molecule has 0 saturated carbocycles. The van der Waals surface area contributed by atoms with Crippen molar-refractivity contribution in [1.82, 2.24) is 0 Å². The number of anilines is 1. The molecule has 3 aromatic carbocycles.